The van der Waals surface area contributed by atoms with Gasteiger partial charge in [-0.1, -0.05) is 140 Å². The second-order valence-electron chi connectivity index (χ2n) is 13.4. The third-order valence-electron chi connectivity index (χ3n) is 10.1. The maximum Gasteiger partial charge on any atom is 0.165 e. The lowest BCUT2D eigenvalue weighted by Gasteiger charge is -2.11. The Morgan fingerprint density at radius 3 is 1.91 bits per heavy atom. The number of furan rings is 1. The van der Waals surface area contributed by atoms with E-state index in [9.17, 15) is 0 Å². The minimum absolute atomic E-state index is 0.602. The van der Waals surface area contributed by atoms with Crippen molar-refractivity contribution in [1.29, 1.82) is 0 Å². The van der Waals surface area contributed by atoms with Crippen molar-refractivity contribution in [2.24, 2.45) is 0 Å². The fourth-order valence-corrected chi connectivity index (χ4v) is 8.76. The van der Waals surface area contributed by atoms with Crippen molar-refractivity contribution >= 4 is 64.4 Å². The molecule has 0 fully saturated rings. The summed E-state index contributed by atoms with van der Waals surface area (Å²) in [7, 11) is 0. The van der Waals surface area contributed by atoms with E-state index in [1.54, 1.807) is 11.3 Å². The number of rotatable bonds is 5. The predicted molar refractivity (Wildman–Crippen MR) is 222 cm³/mol. The minimum atomic E-state index is 0.602. The number of thiophene rings is 1. The van der Waals surface area contributed by atoms with Crippen LogP contribution in [0.4, 0.5) is 0 Å². The molecule has 0 unspecified atom stereocenters. The Hall–Kier alpha value is -7.02. The fraction of sp³-hybridized carbons (Fsp3) is 0. The molecule has 0 aliphatic carbocycles. The van der Waals surface area contributed by atoms with Crippen molar-refractivity contribution in [3.05, 3.63) is 170 Å². The molecule has 4 heterocycles. The van der Waals surface area contributed by atoms with Gasteiger partial charge in [0.1, 0.15) is 11.3 Å². The van der Waals surface area contributed by atoms with Gasteiger partial charge in [0.15, 0.2) is 23.1 Å². The number of benzene rings is 7. The summed E-state index contributed by atoms with van der Waals surface area (Å²) in [6.07, 6.45) is 0. The van der Waals surface area contributed by atoms with Crippen LogP contribution in [-0.4, -0.2) is 19.9 Å². The lowest BCUT2D eigenvalue weighted by molar-refractivity contribution is 0.669. The number of fused-ring (bicyclic) bond motifs is 8. The Morgan fingerprint density at radius 1 is 0.407 bits per heavy atom. The van der Waals surface area contributed by atoms with E-state index in [0.29, 0.717) is 17.5 Å². The molecule has 11 rings (SSSR count). The van der Waals surface area contributed by atoms with E-state index in [4.69, 9.17) is 24.4 Å². The number of nitrogens with zero attached hydrogens (tertiary/aromatic N) is 4. The first kappa shape index (κ1) is 30.6. The van der Waals surface area contributed by atoms with Crippen molar-refractivity contribution in [3.63, 3.8) is 0 Å². The number of pyridine rings is 1. The summed E-state index contributed by atoms with van der Waals surface area (Å²) >= 11 is 1.77. The van der Waals surface area contributed by atoms with Crippen LogP contribution in [0.15, 0.2) is 174 Å². The Bertz CT molecular complexity index is 3220. The molecule has 0 saturated carbocycles. The van der Waals surface area contributed by atoms with Crippen LogP contribution in [0, 0.1) is 0 Å². The summed E-state index contributed by atoms with van der Waals surface area (Å²) in [5.74, 6) is 1.86. The predicted octanol–water partition coefficient (Wildman–Crippen LogP) is 13.0. The molecular weight excluding hydrogens is 681 g/mol. The van der Waals surface area contributed by atoms with Crippen molar-refractivity contribution < 1.29 is 4.42 Å². The van der Waals surface area contributed by atoms with Gasteiger partial charge in [-0.3, -0.25) is 0 Å². The first-order valence-electron chi connectivity index (χ1n) is 17.9. The number of para-hydroxylation sites is 2. The minimum Gasteiger partial charge on any atom is -0.454 e. The average molecular weight is 709 g/mol. The Labute approximate surface area is 313 Å². The molecule has 5 nitrogen and oxygen atoms in total. The molecule has 54 heavy (non-hydrogen) atoms. The summed E-state index contributed by atoms with van der Waals surface area (Å²) in [4.78, 5) is 20.6. The Morgan fingerprint density at radius 2 is 1.04 bits per heavy atom. The topological polar surface area (TPSA) is 64.7 Å². The van der Waals surface area contributed by atoms with E-state index in [-0.39, 0.29) is 0 Å². The molecule has 0 amide bonds. The summed E-state index contributed by atoms with van der Waals surface area (Å²) in [6, 6.07) is 58.5. The highest BCUT2D eigenvalue weighted by atomic mass is 32.1. The first-order chi connectivity index (χ1) is 26.7. The van der Waals surface area contributed by atoms with Crippen LogP contribution >= 0.6 is 11.3 Å². The lowest BCUT2D eigenvalue weighted by atomic mass is 10.0. The zero-order valence-electron chi connectivity index (χ0n) is 28.8. The molecule has 0 saturated heterocycles. The molecule has 0 bridgehead atoms. The van der Waals surface area contributed by atoms with Gasteiger partial charge in [-0.25, -0.2) is 19.9 Å². The zero-order chi connectivity index (χ0) is 35.6. The molecule has 0 aliphatic heterocycles. The Balaban J connectivity index is 1.08. The van der Waals surface area contributed by atoms with Crippen LogP contribution < -0.4 is 0 Å². The maximum absolute atomic E-state index is 6.49. The van der Waals surface area contributed by atoms with E-state index in [2.05, 4.69) is 146 Å². The van der Waals surface area contributed by atoms with Crippen molar-refractivity contribution in [2.75, 3.05) is 0 Å². The van der Waals surface area contributed by atoms with Crippen LogP contribution in [0.2, 0.25) is 0 Å². The van der Waals surface area contributed by atoms with Crippen LogP contribution in [-0.2, 0) is 0 Å². The smallest absolute Gasteiger partial charge is 0.165 e. The van der Waals surface area contributed by atoms with Gasteiger partial charge >= 0.3 is 0 Å². The SMILES string of the molecule is c1ccc(-c2cccc(-c3nc(-c4ccc(-c5nc6ccccc6c6c5oc5ccccc56)cc4)nc(-c4cccc5c4sc4ccccc45)n3)c2)cc1. The summed E-state index contributed by atoms with van der Waals surface area (Å²) in [6.45, 7) is 0. The van der Waals surface area contributed by atoms with E-state index in [1.807, 2.05) is 24.3 Å². The number of aromatic nitrogens is 4. The Kier molecular flexibility index (Phi) is 6.97. The molecule has 0 N–H and O–H groups in total. The molecule has 0 aliphatic rings. The quantitative estimate of drug-likeness (QED) is 0.178. The van der Waals surface area contributed by atoms with Gasteiger partial charge in [-0.05, 0) is 41.5 Å². The van der Waals surface area contributed by atoms with Crippen molar-refractivity contribution in [3.8, 4) is 56.5 Å². The molecule has 4 aromatic heterocycles. The zero-order valence-corrected chi connectivity index (χ0v) is 29.6. The highest BCUT2D eigenvalue weighted by molar-refractivity contribution is 7.26. The molecule has 11 aromatic rings. The van der Waals surface area contributed by atoms with E-state index in [0.717, 1.165) is 76.6 Å². The van der Waals surface area contributed by atoms with Gasteiger partial charge in [0.2, 0.25) is 0 Å². The van der Waals surface area contributed by atoms with Gasteiger partial charge in [0.25, 0.3) is 0 Å². The van der Waals surface area contributed by atoms with Gasteiger partial charge in [0.05, 0.1) is 5.52 Å². The third kappa shape index (κ3) is 4.99. The molecule has 0 radical (unpaired) electrons. The standard InChI is InChI=1S/C48H28N4OS/c1-2-12-29(13-3-1)32-14-10-15-33(28-32)47-50-46(51-48(52-47)38-20-11-19-35-34-16-6-9-23-41(34)54-45(35)38)31-26-24-30(25-27-31)43-44-42(36-17-4-7-21-39(36)49-43)37-18-5-8-22-40(37)53-44/h1-28H. The fourth-order valence-electron chi connectivity index (χ4n) is 7.55. The molecule has 0 spiro atoms. The second kappa shape index (κ2) is 12.3. The normalized spacial score (nSPS) is 11.7. The maximum atomic E-state index is 6.49. The summed E-state index contributed by atoms with van der Waals surface area (Å²) in [5.41, 5.74) is 9.35. The highest BCUT2D eigenvalue weighted by Crippen LogP contribution is 2.41. The molecular formula is C48H28N4OS. The van der Waals surface area contributed by atoms with Gasteiger partial charge < -0.3 is 4.42 Å². The van der Waals surface area contributed by atoms with E-state index < -0.39 is 0 Å². The number of hydrogen-bond acceptors (Lipinski definition) is 6. The average Bonchev–Trinajstić information content (AvgIpc) is 3.83. The molecule has 0 atom stereocenters. The van der Waals surface area contributed by atoms with Crippen LogP contribution in [0.1, 0.15) is 0 Å². The largest absolute Gasteiger partial charge is 0.454 e. The second-order valence-corrected chi connectivity index (χ2v) is 14.4. The molecule has 6 heteroatoms. The van der Waals surface area contributed by atoms with Gasteiger partial charge in [-0.15, -0.1) is 11.3 Å². The lowest BCUT2D eigenvalue weighted by Crippen LogP contribution is -2.00. The first-order valence-corrected chi connectivity index (χ1v) is 18.7. The van der Waals surface area contributed by atoms with Crippen LogP contribution in [0.25, 0.3) is 110 Å². The monoisotopic (exact) mass is 708 g/mol. The van der Waals surface area contributed by atoms with Crippen molar-refractivity contribution in [1.82, 2.24) is 19.9 Å². The van der Waals surface area contributed by atoms with Crippen LogP contribution in [0.5, 0.6) is 0 Å². The van der Waals surface area contributed by atoms with Gasteiger partial charge in [-0.2, -0.15) is 0 Å². The van der Waals surface area contributed by atoms with E-state index >= 15 is 0 Å². The third-order valence-corrected chi connectivity index (χ3v) is 11.4. The molecule has 7 aromatic carbocycles. The van der Waals surface area contributed by atoms with Crippen LogP contribution in [0.3, 0.4) is 0 Å². The highest BCUT2D eigenvalue weighted by Gasteiger charge is 2.20. The number of hydrogen-bond donors (Lipinski definition) is 0. The summed E-state index contributed by atoms with van der Waals surface area (Å²) in [5, 5.41) is 5.68. The van der Waals surface area contributed by atoms with Gasteiger partial charge in [0, 0.05) is 58.6 Å². The molecule has 252 valence electrons. The van der Waals surface area contributed by atoms with Crippen molar-refractivity contribution in [2.45, 2.75) is 0 Å². The van der Waals surface area contributed by atoms with E-state index in [1.165, 1.54) is 15.5 Å². The summed E-state index contributed by atoms with van der Waals surface area (Å²) < 4.78 is 8.89.